The van der Waals surface area contributed by atoms with Gasteiger partial charge in [-0.05, 0) is 63.9 Å². The zero-order valence-electron chi connectivity index (χ0n) is 21.2. The number of hydrogen-bond donors (Lipinski definition) is 3. The number of anilines is 3. The molecule has 0 aromatic carbocycles. The molecule has 3 aromatic rings. The minimum atomic E-state index is 0.424. The summed E-state index contributed by atoms with van der Waals surface area (Å²) in [4.78, 5) is 15.4. The highest BCUT2D eigenvalue weighted by molar-refractivity contribution is 5.73. The first-order chi connectivity index (χ1) is 17.5. The summed E-state index contributed by atoms with van der Waals surface area (Å²) < 4.78 is 11.4. The summed E-state index contributed by atoms with van der Waals surface area (Å²) in [5.41, 5.74) is 4.29. The number of nitrogens with zero attached hydrogens (tertiary/aromatic N) is 5. The van der Waals surface area contributed by atoms with Crippen LogP contribution in [-0.2, 0) is 11.2 Å². The quantitative estimate of drug-likeness (QED) is 0.272. The normalized spacial score (nSPS) is 13.8. The molecular weight excluding hydrogens is 456 g/mol. The summed E-state index contributed by atoms with van der Waals surface area (Å²) in [5.74, 6) is 2.64. The molecule has 0 radical (unpaired) electrons. The fraction of sp³-hybridized carbons (Fsp3) is 0.462. The number of rotatable bonds is 11. The van der Waals surface area contributed by atoms with Crippen LogP contribution in [0.15, 0.2) is 24.3 Å². The SMILES string of the molecule is [C-]#[N+]c1c(CCCN2CCOCC2)cc(Nc2cc(C)[nH]n2)nc1NCCOc1ccc(C)nc1C. The van der Waals surface area contributed by atoms with Crippen molar-refractivity contribution < 1.29 is 9.47 Å². The molecule has 1 aliphatic heterocycles. The van der Waals surface area contributed by atoms with Crippen molar-refractivity contribution in [3.8, 4) is 5.75 Å². The molecule has 3 N–H and O–H groups in total. The van der Waals surface area contributed by atoms with E-state index in [-0.39, 0.29) is 0 Å². The molecular formula is C26H34N8O2. The molecule has 4 rings (SSSR count). The van der Waals surface area contributed by atoms with E-state index in [0.29, 0.717) is 36.3 Å². The average Bonchev–Trinajstić information content (AvgIpc) is 3.28. The molecule has 1 saturated heterocycles. The Balaban J connectivity index is 1.45. The number of aromatic nitrogens is 4. The van der Waals surface area contributed by atoms with Gasteiger partial charge in [-0.2, -0.15) is 5.10 Å². The van der Waals surface area contributed by atoms with Crippen molar-refractivity contribution in [1.82, 2.24) is 25.1 Å². The maximum atomic E-state index is 7.86. The molecule has 0 spiro atoms. The fourth-order valence-corrected chi connectivity index (χ4v) is 4.18. The molecule has 0 atom stereocenters. The topological polar surface area (TPSA) is 105 Å². The van der Waals surface area contributed by atoms with E-state index >= 15 is 0 Å². The minimum absolute atomic E-state index is 0.424. The van der Waals surface area contributed by atoms with E-state index in [1.54, 1.807) is 0 Å². The van der Waals surface area contributed by atoms with Gasteiger partial charge in [0.2, 0.25) is 5.69 Å². The maximum Gasteiger partial charge on any atom is 0.231 e. The molecule has 0 unspecified atom stereocenters. The number of morpholine rings is 1. The van der Waals surface area contributed by atoms with E-state index in [1.165, 1.54) is 0 Å². The largest absolute Gasteiger partial charge is 0.490 e. The van der Waals surface area contributed by atoms with Crippen LogP contribution < -0.4 is 15.4 Å². The smallest absolute Gasteiger partial charge is 0.231 e. The summed E-state index contributed by atoms with van der Waals surface area (Å²) in [5, 5.41) is 13.8. The van der Waals surface area contributed by atoms with Gasteiger partial charge in [0.05, 0.1) is 25.5 Å². The van der Waals surface area contributed by atoms with Crippen LogP contribution in [0, 0.1) is 27.3 Å². The highest BCUT2D eigenvalue weighted by Gasteiger charge is 2.16. The highest BCUT2D eigenvalue weighted by atomic mass is 16.5. The maximum absolute atomic E-state index is 7.86. The van der Waals surface area contributed by atoms with Crippen LogP contribution in [0.2, 0.25) is 0 Å². The van der Waals surface area contributed by atoms with Crippen molar-refractivity contribution in [3.05, 3.63) is 58.3 Å². The lowest BCUT2D eigenvalue weighted by Gasteiger charge is -2.26. The van der Waals surface area contributed by atoms with Gasteiger partial charge in [-0.3, -0.25) is 15.0 Å². The van der Waals surface area contributed by atoms with Crippen LogP contribution in [-0.4, -0.2) is 71.1 Å². The zero-order chi connectivity index (χ0) is 25.3. The molecule has 36 heavy (non-hydrogen) atoms. The Bertz CT molecular complexity index is 1200. The third-order valence-corrected chi connectivity index (χ3v) is 6.00. The highest BCUT2D eigenvalue weighted by Crippen LogP contribution is 2.32. The van der Waals surface area contributed by atoms with Crippen molar-refractivity contribution in [2.75, 3.05) is 56.6 Å². The third-order valence-electron chi connectivity index (χ3n) is 6.00. The number of H-pyrrole nitrogens is 1. The standard InChI is InChI=1S/C26H34N8O2/c1-18-7-8-22(20(3)29-18)36-13-9-28-26-25(27-4)21(6-5-10-34-11-14-35-15-12-34)17-23(31-26)30-24-16-19(2)32-33-24/h7-8,16-17H,5-6,9-15H2,1-3H3,(H3,28,30,31,32,33). The summed E-state index contributed by atoms with van der Waals surface area (Å²) in [6.45, 7) is 19.1. The summed E-state index contributed by atoms with van der Waals surface area (Å²) >= 11 is 0. The van der Waals surface area contributed by atoms with Crippen LogP contribution in [0.5, 0.6) is 5.75 Å². The van der Waals surface area contributed by atoms with Gasteiger partial charge in [0.25, 0.3) is 0 Å². The van der Waals surface area contributed by atoms with Crippen molar-refractivity contribution in [1.29, 1.82) is 0 Å². The van der Waals surface area contributed by atoms with E-state index in [2.05, 4.69) is 35.6 Å². The second-order valence-electron chi connectivity index (χ2n) is 8.91. The fourth-order valence-electron chi connectivity index (χ4n) is 4.18. The van der Waals surface area contributed by atoms with Crippen LogP contribution in [0.4, 0.5) is 23.1 Å². The molecule has 0 aliphatic carbocycles. The number of hydrogen-bond acceptors (Lipinski definition) is 8. The van der Waals surface area contributed by atoms with Gasteiger partial charge in [-0.15, -0.1) is 0 Å². The second-order valence-corrected chi connectivity index (χ2v) is 8.91. The minimum Gasteiger partial charge on any atom is -0.490 e. The van der Waals surface area contributed by atoms with Crippen LogP contribution in [0.25, 0.3) is 4.85 Å². The lowest BCUT2D eigenvalue weighted by molar-refractivity contribution is 0.0375. The van der Waals surface area contributed by atoms with Gasteiger partial charge in [0.15, 0.2) is 5.82 Å². The van der Waals surface area contributed by atoms with Gasteiger partial charge in [0.1, 0.15) is 24.0 Å². The second kappa shape index (κ2) is 12.3. The molecule has 1 fully saturated rings. The first-order valence-electron chi connectivity index (χ1n) is 12.3. The monoisotopic (exact) mass is 490 g/mol. The average molecular weight is 491 g/mol. The molecule has 3 aromatic heterocycles. The Hall–Kier alpha value is -3.68. The molecule has 0 bridgehead atoms. The first kappa shape index (κ1) is 25.4. The Labute approximate surface area is 212 Å². The molecule has 10 nitrogen and oxygen atoms in total. The summed E-state index contributed by atoms with van der Waals surface area (Å²) in [6, 6.07) is 7.74. The number of ether oxygens (including phenoxy) is 2. The number of pyridine rings is 2. The van der Waals surface area contributed by atoms with Crippen LogP contribution in [0.3, 0.4) is 0 Å². The Morgan fingerprint density at radius 1 is 1.14 bits per heavy atom. The first-order valence-corrected chi connectivity index (χ1v) is 12.3. The number of nitrogens with one attached hydrogen (secondary N) is 3. The third kappa shape index (κ3) is 6.93. The lowest BCUT2D eigenvalue weighted by Crippen LogP contribution is -2.36. The van der Waals surface area contributed by atoms with Crippen LogP contribution >= 0.6 is 0 Å². The van der Waals surface area contributed by atoms with Gasteiger partial charge in [0, 0.05) is 37.1 Å². The summed E-state index contributed by atoms with van der Waals surface area (Å²) in [7, 11) is 0. The van der Waals surface area contributed by atoms with Crippen LogP contribution in [0.1, 0.15) is 29.1 Å². The van der Waals surface area contributed by atoms with E-state index < -0.39 is 0 Å². The molecule has 4 heterocycles. The number of aromatic amines is 1. The predicted octanol–water partition coefficient (Wildman–Crippen LogP) is 4.18. The van der Waals surface area contributed by atoms with E-state index in [1.807, 2.05) is 45.0 Å². The Morgan fingerprint density at radius 3 is 2.69 bits per heavy atom. The molecule has 0 saturated carbocycles. The van der Waals surface area contributed by atoms with Gasteiger partial charge >= 0.3 is 0 Å². The van der Waals surface area contributed by atoms with Crippen molar-refractivity contribution in [2.24, 2.45) is 0 Å². The van der Waals surface area contributed by atoms with E-state index in [4.69, 9.17) is 21.0 Å². The van der Waals surface area contributed by atoms with Crippen molar-refractivity contribution in [2.45, 2.75) is 33.6 Å². The Morgan fingerprint density at radius 2 is 1.97 bits per heavy atom. The summed E-state index contributed by atoms with van der Waals surface area (Å²) in [6.07, 6.45) is 1.74. The Kier molecular flexibility index (Phi) is 8.71. The number of aryl methyl sites for hydroxylation is 4. The van der Waals surface area contributed by atoms with Gasteiger partial charge in [-0.1, -0.05) is 0 Å². The van der Waals surface area contributed by atoms with Gasteiger partial charge in [-0.25, -0.2) is 9.83 Å². The van der Waals surface area contributed by atoms with E-state index in [0.717, 1.165) is 74.1 Å². The molecule has 0 amide bonds. The molecule has 1 aliphatic rings. The lowest BCUT2D eigenvalue weighted by atomic mass is 10.1. The molecule has 190 valence electrons. The molecule has 10 heteroatoms. The predicted molar refractivity (Wildman–Crippen MR) is 140 cm³/mol. The van der Waals surface area contributed by atoms with E-state index in [9.17, 15) is 0 Å². The van der Waals surface area contributed by atoms with Crippen molar-refractivity contribution >= 4 is 23.1 Å². The van der Waals surface area contributed by atoms with Crippen molar-refractivity contribution in [3.63, 3.8) is 0 Å². The zero-order valence-corrected chi connectivity index (χ0v) is 21.2. The van der Waals surface area contributed by atoms with Gasteiger partial charge < -0.3 is 20.1 Å².